The Morgan fingerprint density at radius 1 is 1.50 bits per heavy atom. The van der Waals surface area contributed by atoms with Crippen LogP contribution >= 0.6 is 0 Å². The van der Waals surface area contributed by atoms with Crippen molar-refractivity contribution < 1.29 is 4.79 Å². The Morgan fingerprint density at radius 3 is 2.72 bits per heavy atom. The Morgan fingerprint density at radius 2 is 2.17 bits per heavy atom. The van der Waals surface area contributed by atoms with E-state index in [-0.39, 0.29) is 18.0 Å². The van der Waals surface area contributed by atoms with Crippen LogP contribution in [0.5, 0.6) is 0 Å². The molecular formula is C13H22N4O. The second kappa shape index (κ2) is 6.35. The lowest BCUT2D eigenvalue weighted by Crippen LogP contribution is -2.26. The summed E-state index contributed by atoms with van der Waals surface area (Å²) < 4.78 is 0. The molecule has 18 heavy (non-hydrogen) atoms. The fourth-order valence-corrected chi connectivity index (χ4v) is 1.77. The van der Waals surface area contributed by atoms with Gasteiger partial charge in [0.2, 0.25) is 0 Å². The van der Waals surface area contributed by atoms with Gasteiger partial charge in [-0.3, -0.25) is 9.78 Å². The first-order chi connectivity index (χ1) is 8.40. The molecule has 5 nitrogen and oxygen atoms in total. The fourth-order valence-electron chi connectivity index (χ4n) is 1.77. The minimum Gasteiger partial charge on any atom is -0.382 e. The van der Waals surface area contributed by atoms with E-state index in [1.807, 2.05) is 13.0 Å². The molecule has 0 saturated carbocycles. The van der Waals surface area contributed by atoms with Crippen LogP contribution in [-0.4, -0.2) is 42.0 Å². The zero-order chi connectivity index (χ0) is 13.7. The fraction of sp³-hybridized carbons (Fsp3) is 0.538. The van der Waals surface area contributed by atoms with Crippen LogP contribution < -0.4 is 11.1 Å². The molecule has 0 aliphatic heterocycles. The average Bonchev–Trinajstić information content (AvgIpc) is 2.26. The van der Waals surface area contributed by atoms with Crippen molar-refractivity contribution in [3.63, 3.8) is 0 Å². The number of nitrogens with two attached hydrogens (primary N) is 1. The molecule has 100 valence electrons. The molecule has 2 unspecified atom stereocenters. The molecule has 0 fully saturated rings. The van der Waals surface area contributed by atoms with E-state index in [1.165, 1.54) is 4.90 Å². The number of carbonyl (C=O) groups is 1. The van der Waals surface area contributed by atoms with Gasteiger partial charge in [0.25, 0.3) is 5.91 Å². The summed E-state index contributed by atoms with van der Waals surface area (Å²) in [5.74, 6) is -0.0986. The first-order valence-corrected chi connectivity index (χ1v) is 6.10. The van der Waals surface area contributed by atoms with Gasteiger partial charge < -0.3 is 16.0 Å². The summed E-state index contributed by atoms with van der Waals surface area (Å²) in [5.41, 5.74) is 7.09. The summed E-state index contributed by atoms with van der Waals surface area (Å²) in [6.45, 7) is 4.04. The second-order valence-electron chi connectivity index (χ2n) is 4.89. The van der Waals surface area contributed by atoms with Gasteiger partial charge in [0, 0.05) is 38.1 Å². The van der Waals surface area contributed by atoms with Crippen LogP contribution in [0.4, 0.5) is 5.69 Å². The molecule has 1 heterocycles. The maximum atomic E-state index is 11.8. The molecule has 2 atom stereocenters. The highest BCUT2D eigenvalue weighted by Gasteiger charge is 2.11. The van der Waals surface area contributed by atoms with Gasteiger partial charge >= 0.3 is 0 Å². The zero-order valence-corrected chi connectivity index (χ0v) is 11.5. The topological polar surface area (TPSA) is 71.2 Å². The van der Waals surface area contributed by atoms with Gasteiger partial charge in [-0.1, -0.05) is 0 Å². The minimum absolute atomic E-state index is 0.0986. The van der Waals surface area contributed by atoms with E-state index in [9.17, 15) is 4.79 Å². The molecule has 0 spiro atoms. The Bertz CT molecular complexity index is 404. The van der Waals surface area contributed by atoms with E-state index in [0.717, 1.165) is 12.1 Å². The first kappa shape index (κ1) is 14.4. The summed E-state index contributed by atoms with van der Waals surface area (Å²) in [4.78, 5) is 17.4. The van der Waals surface area contributed by atoms with Crippen molar-refractivity contribution in [2.24, 2.45) is 5.73 Å². The van der Waals surface area contributed by atoms with Crippen LogP contribution in [0.15, 0.2) is 18.3 Å². The molecule has 0 aliphatic rings. The molecule has 0 aromatic carbocycles. The van der Waals surface area contributed by atoms with Crippen LogP contribution in [0, 0.1) is 0 Å². The van der Waals surface area contributed by atoms with Gasteiger partial charge in [0.1, 0.15) is 5.69 Å². The molecule has 3 N–H and O–H groups in total. The van der Waals surface area contributed by atoms with Crippen LogP contribution in [-0.2, 0) is 0 Å². The smallest absolute Gasteiger partial charge is 0.272 e. The van der Waals surface area contributed by atoms with E-state index in [4.69, 9.17) is 5.73 Å². The number of nitrogens with zero attached hydrogens (tertiary/aromatic N) is 2. The number of nitrogens with one attached hydrogen (secondary N) is 1. The summed E-state index contributed by atoms with van der Waals surface area (Å²) >= 11 is 0. The van der Waals surface area contributed by atoms with Gasteiger partial charge in [-0.05, 0) is 32.4 Å². The third-order valence-electron chi connectivity index (χ3n) is 2.52. The van der Waals surface area contributed by atoms with Crippen molar-refractivity contribution in [1.82, 2.24) is 9.88 Å². The molecular weight excluding hydrogens is 228 g/mol. The normalized spacial score (nSPS) is 13.8. The highest BCUT2D eigenvalue weighted by atomic mass is 16.2. The standard InChI is InChI=1S/C13H22N4O/c1-9(14)7-10(2)16-11-5-6-15-12(8-11)13(18)17(3)4/h5-6,8-10H,7,14H2,1-4H3,(H,15,16). The van der Waals surface area contributed by atoms with Crippen LogP contribution in [0.3, 0.4) is 0 Å². The Kier molecular flexibility index (Phi) is 5.09. The van der Waals surface area contributed by atoms with Gasteiger partial charge in [0.15, 0.2) is 0 Å². The Labute approximate surface area is 108 Å². The van der Waals surface area contributed by atoms with Gasteiger partial charge in [-0.2, -0.15) is 0 Å². The van der Waals surface area contributed by atoms with Crippen LogP contribution in [0.2, 0.25) is 0 Å². The number of amides is 1. The zero-order valence-electron chi connectivity index (χ0n) is 11.5. The number of rotatable bonds is 5. The van der Waals surface area contributed by atoms with E-state index >= 15 is 0 Å². The quantitative estimate of drug-likeness (QED) is 0.827. The lowest BCUT2D eigenvalue weighted by atomic mass is 10.1. The summed E-state index contributed by atoms with van der Waals surface area (Å²) in [6, 6.07) is 4.02. The van der Waals surface area contributed by atoms with Crippen molar-refractivity contribution >= 4 is 11.6 Å². The maximum absolute atomic E-state index is 11.8. The van der Waals surface area contributed by atoms with E-state index in [1.54, 1.807) is 26.4 Å². The first-order valence-electron chi connectivity index (χ1n) is 6.10. The molecule has 1 amide bonds. The molecule has 0 aliphatic carbocycles. The van der Waals surface area contributed by atoms with Crippen LogP contribution in [0.25, 0.3) is 0 Å². The summed E-state index contributed by atoms with van der Waals surface area (Å²) in [7, 11) is 3.42. The number of pyridine rings is 1. The lowest BCUT2D eigenvalue weighted by Gasteiger charge is -2.17. The Hall–Kier alpha value is -1.62. The minimum atomic E-state index is -0.0986. The molecule has 0 saturated heterocycles. The molecule has 1 aromatic heterocycles. The highest BCUT2D eigenvalue weighted by molar-refractivity contribution is 5.92. The predicted molar refractivity (Wildman–Crippen MR) is 73.6 cm³/mol. The number of anilines is 1. The monoisotopic (exact) mass is 250 g/mol. The van der Waals surface area contributed by atoms with Crippen LogP contribution in [0.1, 0.15) is 30.8 Å². The predicted octanol–water partition coefficient (Wildman–Crippen LogP) is 1.32. The van der Waals surface area contributed by atoms with E-state index in [0.29, 0.717) is 5.69 Å². The van der Waals surface area contributed by atoms with E-state index in [2.05, 4.69) is 17.2 Å². The molecule has 1 aromatic rings. The van der Waals surface area contributed by atoms with Crippen molar-refractivity contribution in [1.29, 1.82) is 0 Å². The SMILES string of the molecule is CC(N)CC(C)Nc1ccnc(C(=O)N(C)C)c1. The molecule has 5 heteroatoms. The largest absolute Gasteiger partial charge is 0.382 e. The molecule has 0 radical (unpaired) electrons. The highest BCUT2D eigenvalue weighted by Crippen LogP contribution is 2.12. The maximum Gasteiger partial charge on any atom is 0.272 e. The van der Waals surface area contributed by atoms with Crippen molar-refractivity contribution in [3.05, 3.63) is 24.0 Å². The van der Waals surface area contributed by atoms with Gasteiger partial charge in [-0.25, -0.2) is 0 Å². The number of hydrogen-bond acceptors (Lipinski definition) is 4. The third kappa shape index (κ3) is 4.33. The average molecular weight is 250 g/mol. The van der Waals surface area contributed by atoms with Crippen molar-refractivity contribution in [3.8, 4) is 0 Å². The summed E-state index contributed by atoms with van der Waals surface area (Å²) in [5, 5.41) is 3.32. The van der Waals surface area contributed by atoms with Crippen molar-refractivity contribution in [2.75, 3.05) is 19.4 Å². The second-order valence-corrected chi connectivity index (χ2v) is 4.89. The van der Waals surface area contributed by atoms with Gasteiger partial charge in [0.05, 0.1) is 0 Å². The molecule has 0 bridgehead atoms. The summed E-state index contributed by atoms with van der Waals surface area (Å²) in [6.07, 6.45) is 2.51. The lowest BCUT2D eigenvalue weighted by molar-refractivity contribution is 0.0822. The number of hydrogen-bond donors (Lipinski definition) is 2. The third-order valence-corrected chi connectivity index (χ3v) is 2.52. The number of aromatic nitrogens is 1. The molecule has 1 rings (SSSR count). The van der Waals surface area contributed by atoms with Crippen molar-refractivity contribution in [2.45, 2.75) is 32.4 Å². The number of carbonyl (C=O) groups excluding carboxylic acids is 1. The van der Waals surface area contributed by atoms with Gasteiger partial charge in [-0.15, -0.1) is 0 Å². The van der Waals surface area contributed by atoms with E-state index < -0.39 is 0 Å². The Balaban J connectivity index is 2.73.